The summed E-state index contributed by atoms with van der Waals surface area (Å²) < 4.78 is 0. The Bertz CT molecular complexity index is 1100. The van der Waals surface area contributed by atoms with Crippen molar-refractivity contribution in [1.29, 1.82) is 0 Å². The van der Waals surface area contributed by atoms with Gasteiger partial charge in [0.1, 0.15) is 0 Å². The van der Waals surface area contributed by atoms with E-state index >= 15 is 0 Å². The van der Waals surface area contributed by atoms with Crippen LogP contribution in [0.4, 0.5) is 11.4 Å². The third-order valence-electron chi connectivity index (χ3n) is 4.64. The van der Waals surface area contributed by atoms with Gasteiger partial charge >= 0.3 is 5.97 Å². The topological polar surface area (TPSA) is 95.5 Å². The van der Waals surface area contributed by atoms with Crippen LogP contribution < -0.4 is 10.6 Å². The average Bonchev–Trinajstić information content (AvgIpc) is 2.78. The number of hydrogen-bond acceptors (Lipinski definition) is 4. The maximum Gasteiger partial charge on any atom is 0.335 e. The highest BCUT2D eigenvalue weighted by atomic mass is 32.2. The van der Waals surface area contributed by atoms with E-state index in [2.05, 4.69) is 10.6 Å². The Morgan fingerprint density at radius 2 is 1.56 bits per heavy atom. The molecule has 3 aromatic rings. The quantitative estimate of drug-likeness (QED) is 0.397. The average molecular weight is 449 g/mol. The Labute approximate surface area is 191 Å². The Hall–Kier alpha value is -3.58. The van der Waals surface area contributed by atoms with Crippen molar-refractivity contribution >= 4 is 40.9 Å². The second kappa shape index (κ2) is 11.2. The zero-order valence-electron chi connectivity index (χ0n) is 17.6. The summed E-state index contributed by atoms with van der Waals surface area (Å²) in [5, 5.41) is 14.4. The summed E-state index contributed by atoms with van der Waals surface area (Å²) in [5.41, 5.74) is 2.16. The lowest BCUT2D eigenvalue weighted by molar-refractivity contribution is -0.116. The summed E-state index contributed by atoms with van der Waals surface area (Å²) >= 11 is 1.39. The van der Waals surface area contributed by atoms with Crippen LogP contribution in [0.15, 0.2) is 83.8 Å². The van der Waals surface area contributed by atoms with E-state index in [4.69, 9.17) is 5.11 Å². The molecule has 0 saturated carbocycles. The van der Waals surface area contributed by atoms with Crippen molar-refractivity contribution in [3.8, 4) is 0 Å². The maximum atomic E-state index is 12.7. The van der Waals surface area contributed by atoms with Crippen LogP contribution in [0.5, 0.6) is 0 Å². The van der Waals surface area contributed by atoms with Gasteiger partial charge in [-0.1, -0.05) is 49.4 Å². The van der Waals surface area contributed by atoms with Gasteiger partial charge < -0.3 is 15.7 Å². The molecular formula is C25H24N2O4S. The third-order valence-corrected chi connectivity index (χ3v) is 6.00. The van der Waals surface area contributed by atoms with Gasteiger partial charge in [-0.3, -0.25) is 9.59 Å². The minimum Gasteiger partial charge on any atom is -0.478 e. The molecule has 164 valence electrons. The van der Waals surface area contributed by atoms with Crippen LogP contribution >= 0.6 is 11.8 Å². The Morgan fingerprint density at radius 3 is 2.25 bits per heavy atom. The fourth-order valence-electron chi connectivity index (χ4n) is 3.07. The van der Waals surface area contributed by atoms with Crippen LogP contribution in [0.25, 0.3) is 0 Å². The number of nitrogens with one attached hydrogen (secondary N) is 2. The molecule has 0 bridgehead atoms. The van der Waals surface area contributed by atoms with Crippen molar-refractivity contribution in [2.24, 2.45) is 0 Å². The zero-order valence-corrected chi connectivity index (χ0v) is 18.4. The molecule has 1 atom stereocenters. The van der Waals surface area contributed by atoms with Crippen molar-refractivity contribution in [3.63, 3.8) is 0 Å². The second-order valence-electron chi connectivity index (χ2n) is 7.13. The molecule has 6 nitrogen and oxygen atoms in total. The summed E-state index contributed by atoms with van der Waals surface area (Å²) in [5.74, 6) is -1.37. The normalized spacial score (nSPS) is 11.4. The minimum atomic E-state index is -1.05. The summed E-state index contributed by atoms with van der Waals surface area (Å²) in [6, 6.07) is 23.0. The number of aromatic carboxylic acids is 1. The van der Waals surface area contributed by atoms with Gasteiger partial charge in [0.05, 0.1) is 17.2 Å². The highest BCUT2D eigenvalue weighted by Crippen LogP contribution is 2.28. The second-order valence-corrected chi connectivity index (χ2v) is 8.40. The maximum absolute atomic E-state index is 12.7. The first kappa shape index (κ1) is 23.1. The zero-order chi connectivity index (χ0) is 22.9. The van der Waals surface area contributed by atoms with E-state index in [1.807, 2.05) is 61.5 Å². The van der Waals surface area contributed by atoms with Gasteiger partial charge in [0.2, 0.25) is 11.8 Å². The molecule has 2 amide bonds. The lowest BCUT2D eigenvalue weighted by Crippen LogP contribution is -2.24. The fourth-order valence-corrected chi connectivity index (χ4v) is 4.09. The molecule has 7 heteroatoms. The van der Waals surface area contributed by atoms with E-state index in [9.17, 15) is 14.4 Å². The largest absolute Gasteiger partial charge is 0.478 e. The van der Waals surface area contributed by atoms with Crippen LogP contribution in [0, 0.1) is 0 Å². The van der Waals surface area contributed by atoms with Gasteiger partial charge in [0, 0.05) is 16.3 Å². The molecule has 0 spiro atoms. The SMILES string of the molecule is CCC(Sc1cccc(NC(=O)Cc2ccccc2)c1)C(=O)Nc1cccc(C(=O)O)c1. The number of carboxylic acids is 1. The first-order valence-electron chi connectivity index (χ1n) is 10.2. The molecule has 0 saturated heterocycles. The third kappa shape index (κ3) is 6.72. The number of carbonyl (C=O) groups excluding carboxylic acids is 2. The molecule has 3 N–H and O–H groups in total. The number of rotatable bonds is 9. The van der Waals surface area contributed by atoms with Gasteiger partial charge in [0.25, 0.3) is 0 Å². The van der Waals surface area contributed by atoms with Crippen LogP contribution in [0.2, 0.25) is 0 Å². The molecule has 3 rings (SSSR count). The predicted octanol–water partition coefficient (Wildman–Crippen LogP) is 5.08. The lowest BCUT2D eigenvalue weighted by atomic mass is 10.1. The standard InChI is InChI=1S/C25H24N2O4S/c1-2-22(24(29)27-19-11-6-10-18(15-19)25(30)31)32-21-13-7-12-20(16-21)26-23(28)14-17-8-4-3-5-9-17/h3-13,15-16,22H,2,14H2,1H3,(H,26,28)(H,27,29)(H,30,31). The molecule has 0 fully saturated rings. The monoisotopic (exact) mass is 448 g/mol. The minimum absolute atomic E-state index is 0.110. The van der Waals surface area contributed by atoms with Crippen LogP contribution in [-0.2, 0) is 16.0 Å². The van der Waals surface area contributed by atoms with Crippen molar-refractivity contribution in [2.45, 2.75) is 29.9 Å². The fraction of sp³-hybridized carbons (Fsp3) is 0.160. The number of carboxylic acid groups (broad SMARTS) is 1. The van der Waals surface area contributed by atoms with Crippen LogP contribution in [0.1, 0.15) is 29.3 Å². The van der Waals surface area contributed by atoms with Crippen molar-refractivity contribution < 1.29 is 19.5 Å². The summed E-state index contributed by atoms with van der Waals surface area (Å²) in [6.07, 6.45) is 0.868. The molecule has 0 radical (unpaired) electrons. The summed E-state index contributed by atoms with van der Waals surface area (Å²) in [7, 11) is 0. The highest BCUT2D eigenvalue weighted by Gasteiger charge is 2.19. The molecule has 0 aliphatic carbocycles. The molecule has 3 aromatic carbocycles. The summed E-state index contributed by atoms with van der Waals surface area (Å²) in [6.45, 7) is 1.91. The number of hydrogen-bond donors (Lipinski definition) is 3. The van der Waals surface area contributed by atoms with Crippen molar-refractivity contribution in [2.75, 3.05) is 10.6 Å². The van der Waals surface area contributed by atoms with E-state index in [0.29, 0.717) is 17.8 Å². The van der Waals surface area contributed by atoms with E-state index in [-0.39, 0.29) is 29.0 Å². The number of carbonyl (C=O) groups is 3. The number of benzene rings is 3. The van der Waals surface area contributed by atoms with E-state index < -0.39 is 5.97 Å². The van der Waals surface area contributed by atoms with Gasteiger partial charge in [-0.25, -0.2) is 4.79 Å². The lowest BCUT2D eigenvalue weighted by Gasteiger charge is -2.16. The van der Waals surface area contributed by atoms with Gasteiger partial charge in [-0.15, -0.1) is 11.8 Å². The predicted molar refractivity (Wildman–Crippen MR) is 127 cm³/mol. The molecule has 32 heavy (non-hydrogen) atoms. The number of thioether (sulfide) groups is 1. The molecular weight excluding hydrogens is 424 g/mol. The van der Waals surface area contributed by atoms with E-state index in [0.717, 1.165) is 10.5 Å². The van der Waals surface area contributed by atoms with E-state index in [1.54, 1.807) is 12.1 Å². The molecule has 0 aliphatic rings. The van der Waals surface area contributed by atoms with Crippen molar-refractivity contribution in [1.82, 2.24) is 0 Å². The number of amides is 2. The van der Waals surface area contributed by atoms with E-state index in [1.165, 1.54) is 23.9 Å². The summed E-state index contributed by atoms with van der Waals surface area (Å²) in [4.78, 5) is 37.1. The highest BCUT2D eigenvalue weighted by molar-refractivity contribution is 8.00. The van der Waals surface area contributed by atoms with Gasteiger partial charge in [0.15, 0.2) is 0 Å². The Balaban J connectivity index is 1.62. The molecule has 0 aliphatic heterocycles. The Kier molecular flexibility index (Phi) is 8.05. The number of anilines is 2. The molecule has 0 aromatic heterocycles. The van der Waals surface area contributed by atoms with Gasteiger partial charge in [-0.2, -0.15) is 0 Å². The first-order chi connectivity index (χ1) is 15.4. The molecule has 0 heterocycles. The Morgan fingerprint density at radius 1 is 0.875 bits per heavy atom. The molecule has 1 unspecified atom stereocenters. The smallest absolute Gasteiger partial charge is 0.335 e. The van der Waals surface area contributed by atoms with Crippen molar-refractivity contribution in [3.05, 3.63) is 90.0 Å². The van der Waals surface area contributed by atoms with Crippen LogP contribution in [0.3, 0.4) is 0 Å². The van der Waals surface area contributed by atoms with Gasteiger partial charge in [-0.05, 0) is 48.4 Å². The first-order valence-corrected chi connectivity index (χ1v) is 11.1. The van der Waals surface area contributed by atoms with Crippen LogP contribution in [-0.4, -0.2) is 28.1 Å².